The number of benzene rings is 2. The lowest BCUT2D eigenvalue weighted by atomic mass is 9.87. The maximum atomic E-state index is 13.3. The highest BCUT2D eigenvalue weighted by Crippen LogP contribution is 2.36. The average molecular weight is 363 g/mol. The van der Waals surface area contributed by atoms with Gasteiger partial charge in [0.15, 0.2) is 0 Å². The monoisotopic (exact) mass is 362 g/mol. The van der Waals surface area contributed by atoms with Crippen LogP contribution in [0.25, 0.3) is 0 Å². The van der Waals surface area contributed by atoms with Gasteiger partial charge in [0.1, 0.15) is 11.4 Å². The Balaban J connectivity index is 2.55. The summed E-state index contributed by atoms with van der Waals surface area (Å²) in [6.45, 7) is 1.36. The van der Waals surface area contributed by atoms with E-state index in [0.717, 1.165) is 6.07 Å². The molecule has 2 rings (SSSR count). The second kappa shape index (κ2) is 5.42. The number of alkyl halides is 3. The third-order valence-corrected chi connectivity index (χ3v) is 3.71. The van der Waals surface area contributed by atoms with Gasteiger partial charge in [-0.25, -0.2) is 4.39 Å². The van der Waals surface area contributed by atoms with Gasteiger partial charge in [-0.1, -0.05) is 34.1 Å². The van der Waals surface area contributed by atoms with Gasteiger partial charge >= 0.3 is 6.18 Å². The van der Waals surface area contributed by atoms with Crippen molar-refractivity contribution in [3.05, 3.63) is 69.4 Å². The van der Waals surface area contributed by atoms with Crippen molar-refractivity contribution in [1.82, 2.24) is 0 Å². The van der Waals surface area contributed by atoms with Crippen LogP contribution in [0.2, 0.25) is 0 Å². The SMILES string of the molecule is CC(O)(c1cccc(Br)c1)c1ccc(F)c(C(F)(F)F)c1. The van der Waals surface area contributed by atoms with Gasteiger partial charge in [0, 0.05) is 4.47 Å². The van der Waals surface area contributed by atoms with Crippen LogP contribution in [0.3, 0.4) is 0 Å². The minimum absolute atomic E-state index is 0.0330. The van der Waals surface area contributed by atoms with E-state index in [2.05, 4.69) is 15.9 Å². The Hall–Kier alpha value is -1.40. The van der Waals surface area contributed by atoms with E-state index in [1.54, 1.807) is 24.3 Å². The molecule has 1 N–H and O–H groups in total. The van der Waals surface area contributed by atoms with Gasteiger partial charge in [-0.3, -0.25) is 0 Å². The summed E-state index contributed by atoms with van der Waals surface area (Å²) >= 11 is 3.23. The normalized spacial score (nSPS) is 14.8. The predicted molar refractivity (Wildman–Crippen MR) is 74.2 cm³/mol. The maximum Gasteiger partial charge on any atom is 0.419 e. The fourth-order valence-corrected chi connectivity index (χ4v) is 2.40. The molecule has 0 aliphatic heterocycles. The Kier molecular flexibility index (Phi) is 4.13. The Morgan fingerprint density at radius 2 is 1.62 bits per heavy atom. The third kappa shape index (κ3) is 3.27. The van der Waals surface area contributed by atoms with Crippen molar-refractivity contribution in [3.63, 3.8) is 0 Å². The Morgan fingerprint density at radius 3 is 2.19 bits per heavy atom. The molecule has 0 bridgehead atoms. The summed E-state index contributed by atoms with van der Waals surface area (Å²) in [5.74, 6) is -1.36. The smallest absolute Gasteiger partial charge is 0.381 e. The van der Waals surface area contributed by atoms with E-state index in [1.807, 2.05) is 0 Å². The van der Waals surface area contributed by atoms with Gasteiger partial charge < -0.3 is 5.11 Å². The van der Waals surface area contributed by atoms with Crippen LogP contribution < -0.4 is 0 Å². The molecule has 21 heavy (non-hydrogen) atoms. The van der Waals surface area contributed by atoms with Gasteiger partial charge in [0.25, 0.3) is 0 Å². The molecule has 2 aromatic carbocycles. The molecular formula is C15H11BrF4O. The Morgan fingerprint density at radius 1 is 1.00 bits per heavy atom. The number of rotatable bonds is 2. The number of hydrogen-bond acceptors (Lipinski definition) is 1. The molecule has 1 nitrogen and oxygen atoms in total. The fourth-order valence-electron chi connectivity index (χ4n) is 2.00. The lowest BCUT2D eigenvalue weighted by Crippen LogP contribution is -2.24. The molecular weight excluding hydrogens is 352 g/mol. The lowest BCUT2D eigenvalue weighted by molar-refractivity contribution is -0.140. The molecule has 112 valence electrons. The molecule has 0 fully saturated rings. The fraction of sp³-hybridized carbons (Fsp3) is 0.200. The Labute approximate surface area is 127 Å². The number of aliphatic hydroxyl groups is 1. The maximum absolute atomic E-state index is 13.3. The van der Waals surface area contributed by atoms with E-state index in [0.29, 0.717) is 22.2 Å². The highest BCUT2D eigenvalue weighted by molar-refractivity contribution is 9.10. The van der Waals surface area contributed by atoms with Crippen LogP contribution in [0, 0.1) is 5.82 Å². The van der Waals surface area contributed by atoms with Crippen LogP contribution in [0.4, 0.5) is 17.6 Å². The molecule has 2 aromatic rings. The van der Waals surface area contributed by atoms with Crippen molar-refractivity contribution >= 4 is 15.9 Å². The van der Waals surface area contributed by atoms with Crippen molar-refractivity contribution in [2.24, 2.45) is 0 Å². The van der Waals surface area contributed by atoms with E-state index in [9.17, 15) is 22.7 Å². The molecule has 0 aliphatic rings. The van der Waals surface area contributed by atoms with Crippen LogP contribution in [0.5, 0.6) is 0 Å². The summed E-state index contributed by atoms with van der Waals surface area (Å²) in [7, 11) is 0. The standard InChI is InChI=1S/C15H11BrF4O/c1-14(21,9-3-2-4-11(16)7-9)10-5-6-13(17)12(8-10)15(18,19)20/h2-8,21H,1H3. The molecule has 6 heteroatoms. The summed E-state index contributed by atoms with van der Waals surface area (Å²) in [5.41, 5.74) is -2.70. The van der Waals surface area contributed by atoms with Crippen molar-refractivity contribution in [2.45, 2.75) is 18.7 Å². The minimum Gasteiger partial charge on any atom is -0.381 e. The summed E-state index contributed by atoms with van der Waals surface area (Å²) in [4.78, 5) is 0. The summed E-state index contributed by atoms with van der Waals surface area (Å²) in [6, 6.07) is 9.05. The van der Waals surface area contributed by atoms with Gasteiger partial charge in [-0.2, -0.15) is 13.2 Å². The van der Waals surface area contributed by atoms with Gasteiger partial charge in [-0.15, -0.1) is 0 Å². The second-order valence-corrected chi connectivity index (χ2v) is 5.69. The lowest BCUT2D eigenvalue weighted by Gasteiger charge is -2.25. The molecule has 0 saturated heterocycles. The first-order valence-electron chi connectivity index (χ1n) is 5.98. The van der Waals surface area contributed by atoms with E-state index in [-0.39, 0.29) is 5.56 Å². The zero-order valence-corrected chi connectivity index (χ0v) is 12.5. The Bertz CT molecular complexity index is 665. The van der Waals surface area contributed by atoms with Gasteiger partial charge in [0.2, 0.25) is 0 Å². The summed E-state index contributed by atoms with van der Waals surface area (Å²) in [5, 5.41) is 10.6. The molecule has 1 atom stereocenters. The minimum atomic E-state index is -4.81. The molecule has 1 unspecified atom stereocenters. The highest BCUT2D eigenvalue weighted by atomic mass is 79.9. The number of halogens is 5. The summed E-state index contributed by atoms with van der Waals surface area (Å²) in [6.07, 6.45) is -4.81. The molecule has 0 amide bonds. The van der Waals surface area contributed by atoms with Crippen molar-refractivity contribution in [3.8, 4) is 0 Å². The van der Waals surface area contributed by atoms with E-state index >= 15 is 0 Å². The number of hydrogen-bond donors (Lipinski definition) is 1. The average Bonchev–Trinajstić information content (AvgIpc) is 2.37. The van der Waals surface area contributed by atoms with Crippen molar-refractivity contribution in [2.75, 3.05) is 0 Å². The largest absolute Gasteiger partial charge is 0.419 e. The first kappa shape index (κ1) is 16.0. The van der Waals surface area contributed by atoms with Crippen molar-refractivity contribution < 1.29 is 22.7 Å². The van der Waals surface area contributed by atoms with Crippen LogP contribution in [-0.2, 0) is 11.8 Å². The van der Waals surface area contributed by atoms with Crippen LogP contribution in [-0.4, -0.2) is 5.11 Å². The van der Waals surface area contributed by atoms with Crippen LogP contribution in [0.15, 0.2) is 46.9 Å². The molecule has 0 heterocycles. The van der Waals surface area contributed by atoms with Gasteiger partial charge in [-0.05, 0) is 42.3 Å². The van der Waals surface area contributed by atoms with E-state index in [1.165, 1.54) is 6.92 Å². The summed E-state index contributed by atoms with van der Waals surface area (Å²) < 4.78 is 52.3. The first-order chi connectivity index (χ1) is 9.62. The molecule has 0 aromatic heterocycles. The topological polar surface area (TPSA) is 20.2 Å². The zero-order chi connectivity index (χ0) is 15.8. The predicted octanol–water partition coefficient (Wildman–Crippen LogP) is 4.86. The second-order valence-electron chi connectivity index (χ2n) is 4.77. The van der Waals surface area contributed by atoms with Crippen molar-refractivity contribution in [1.29, 1.82) is 0 Å². The van der Waals surface area contributed by atoms with E-state index in [4.69, 9.17) is 0 Å². The molecule has 0 spiro atoms. The van der Waals surface area contributed by atoms with Gasteiger partial charge in [0.05, 0.1) is 5.56 Å². The van der Waals surface area contributed by atoms with Crippen LogP contribution in [0.1, 0.15) is 23.6 Å². The molecule has 0 aliphatic carbocycles. The third-order valence-electron chi connectivity index (χ3n) is 3.22. The molecule has 0 radical (unpaired) electrons. The van der Waals surface area contributed by atoms with E-state index < -0.39 is 23.2 Å². The highest BCUT2D eigenvalue weighted by Gasteiger charge is 2.36. The van der Waals surface area contributed by atoms with Crippen LogP contribution >= 0.6 is 15.9 Å². The quantitative estimate of drug-likeness (QED) is 0.756. The molecule has 0 saturated carbocycles. The first-order valence-corrected chi connectivity index (χ1v) is 6.77. The zero-order valence-electron chi connectivity index (χ0n) is 10.9.